The number of methoxy groups -OCH3 is 1. The summed E-state index contributed by atoms with van der Waals surface area (Å²) in [6, 6.07) is 14.4. The van der Waals surface area contributed by atoms with Crippen molar-refractivity contribution in [3.63, 3.8) is 0 Å². The average molecular weight is 301 g/mol. The molecule has 22 heavy (non-hydrogen) atoms. The molecule has 1 fully saturated rings. The smallest absolute Gasteiger partial charge is 0.129 e. The molecule has 0 saturated carbocycles. The Morgan fingerprint density at radius 2 is 1.95 bits per heavy atom. The normalized spacial score (nSPS) is 21.3. The largest absolute Gasteiger partial charge is 0.462 e. The van der Waals surface area contributed by atoms with Gasteiger partial charge >= 0.3 is 0 Å². The lowest BCUT2D eigenvalue weighted by Gasteiger charge is -2.19. The molecule has 0 unspecified atom stereocenters. The van der Waals surface area contributed by atoms with Gasteiger partial charge in [0.25, 0.3) is 0 Å². The van der Waals surface area contributed by atoms with Gasteiger partial charge in [0, 0.05) is 26.2 Å². The molecule has 2 atom stereocenters. The summed E-state index contributed by atoms with van der Waals surface area (Å²) in [4.78, 5) is 0. The van der Waals surface area contributed by atoms with Gasteiger partial charge in [-0.15, -0.1) is 0 Å². The number of rotatable bonds is 7. The molecular weight excluding hydrogens is 278 g/mol. The van der Waals surface area contributed by atoms with Crippen molar-refractivity contribution in [3.8, 4) is 0 Å². The van der Waals surface area contributed by atoms with Crippen LogP contribution in [0.5, 0.6) is 0 Å². The third kappa shape index (κ3) is 3.77. The summed E-state index contributed by atoms with van der Waals surface area (Å²) in [5.41, 5.74) is 1.27. The maximum absolute atomic E-state index is 5.91. The zero-order chi connectivity index (χ0) is 15.2. The number of benzene rings is 1. The molecule has 2 heterocycles. The Morgan fingerprint density at radius 1 is 1.14 bits per heavy atom. The van der Waals surface area contributed by atoms with Gasteiger partial charge in [0.2, 0.25) is 0 Å². The van der Waals surface area contributed by atoms with Gasteiger partial charge in [-0.2, -0.15) is 0 Å². The summed E-state index contributed by atoms with van der Waals surface area (Å²) in [5.74, 6) is 2.32. The molecule has 0 radical (unpaired) electrons. The van der Waals surface area contributed by atoms with Crippen LogP contribution in [0.25, 0.3) is 0 Å². The molecule has 1 N–H and O–H groups in total. The van der Waals surface area contributed by atoms with Crippen molar-refractivity contribution >= 4 is 0 Å². The van der Waals surface area contributed by atoms with E-state index in [1.54, 1.807) is 7.11 Å². The molecular formula is C18H23NO3. The van der Waals surface area contributed by atoms with Gasteiger partial charge < -0.3 is 19.2 Å². The highest BCUT2D eigenvalue weighted by Crippen LogP contribution is 2.33. The number of ether oxygens (including phenoxy) is 2. The Hall–Kier alpha value is -1.62. The van der Waals surface area contributed by atoms with Gasteiger partial charge in [0.15, 0.2) is 0 Å². The van der Waals surface area contributed by atoms with Crippen LogP contribution in [0.2, 0.25) is 0 Å². The summed E-state index contributed by atoms with van der Waals surface area (Å²) in [7, 11) is 1.67. The van der Waals surface area contributed by atoms with E-state index in [4.69, 9.17) is 13.9 Å². The SMILES string of the molecule is COCc1ccc(CNC[C@H]2CCO[C@@H]2c2ccccc2)o1. The second-order valence-electron chi connectivity index (χ2n) is 5.68. The van der Waals surface area contributed by atoms with Crippen LogP contribution in [0, 0.1) is 5.92 Å². The molecule has 3 rings (SSSR count). The molecule has 2 aromatic rings. The molecule has 0 aliphatic carbocycles. The fraction of sp³-hybridized carbons (Fsp3) is 0.444. The molecule has 1 aromatic heterocycles. The second kappa shape index (κ2) is 7.58. The van der Waals surface area contributed by atoms with Crippen LogP contribution in [0.4, 0.5) is 0 Å². The van der Waals surface area contributed by atoms with Crippen molar-refractivity contribution in [2.24, 2.45) is 5.92 Å². The first kappa shape index (κ1) is 15.3. The first-order valence-electron chi connectivity index (χ1n) is 7.80. The molecule has 0 bridgehead atoms. The van der Waals surface area contributed by atoms with E-state index in [0.29, 0.717) is 12.5 Å². The fourth-order valence-corrected chi connectivity index (χ4v) is 2.97. The van der Waals surface area contributed by atoms with E-state index in [0.717, 1.165) is 37.6 Å². The molecule has 4 nitrogen and oxygen atoms in total. The van der Waals surface area contributed by atoms with Gasteiger partial charge in [-0.3, -0.25) is 0 Å². The van der Waals surface area contributed by atoms with Gasteiger partial charge in [-0.1, -0.05) is 30.3 Å². The molecule has 1 aromatic carbocycles. The van der Waals surface area contributed by atoms with Crippen LogP contribution in [0.3, 0.4) is 0 Å². The molecule has 0 amide bonds. The molecule has 0 spiro atoms. The van der Waals surface area contributed by atoms with E-state index in [1.807, 2.05) is 18.2 Å². The third-order valence-electron chi connectivity index (χ3n) is 4.05. The second-order valence-corrected chi connectivity index (χ2v) is 5.68. The maximum Gasteiger partial charge on any atom is 0.129 e. The van der Waals surface area contributed by atoms with Crippen LogP contribution < -0.4 is 5.32 Å². The van der Waals surface area contributed by atoms with Crippen LogP contribution in [-0.4, -0.2) is 20.3 Å². The van der Waals surface area contributed by atoms with Crippen molar-refractivity contribution in [2.45, 2.75) is 25.7 Å². The van der Waals surface area contributed by atoms with E-state index in [9.17, 15) is 0 Å². The maximum atomic E-state index is 5.91. The first-order chi connectivity index (χ1) is 10.9. The van der Waals surface area contributed by atoms with Gasteiger partial charge in [0.1, 0.15) is 18.1 Å². The summed E-state index contributed by atoms with van der Waals surface area (Å²) in [5, 5.41) is 3.48. The summed E-state index contributed by atoms with van der Waals surface area (Å²) >= 11 is 0. The van der Waals surface area contributed by atoms with E-state index in [-0.39, 0.29) is 6.10 Å². The predicted molar refractivity (Wildman–Crippen MR) is 84.4 cm³/mol. The lowest BCUT2D eigenvalue weighted by atomic mass is 9.95. The first-order valence-corrected chi connectivity index (χ1v) is 7.80. The topological polar surface area (TPSA) is 43.6 Å². The molecule has 118 valence electrons. The zero-order valence-corrected chi connectivity index (χ0v) is 13.0. The van der Waals surface area contributed by atoms with Gasteiger partial charge in [-0.05, 0) is 24.1 Å². The summed E-state index contributed by atoms with van der Waals surface area (Å²) in [6.07, 6.45) is 1.30. The Morgan fingerprint density at radius 3 is 2.77 bits per heavy atom. The van der Waals surface area contributed by atoms with E-state index in [1.165, 1.54) is 5.56 Å². The molecule has 1 saturated heterocycles. The summed E-state index contributed by atoms with van der Waals surface area (Å²) < 4.78 is 16.7. The quantitative estimate of drug-likeness (QED) is 0.852. The summed E-state index contributed by atoms with van der Waals surface area (Å²) in [6.45, 7) is 3.03. The Kier molecular flexibility index (Phi) is 5.27. The minimum atomic E-state index is 0.203. The molecule has 4 heteroatoms. The zero-order valence-electron chi connectivity index (χ0n) is 13.0. The van der Waals surface area contributed by atoms with Crippen molar-refractivity contribution in [1.82, 2.24) is 5.32 Å². The van der Waals surface area contributed by atoms with Crippen molar-refractivity contribution in [3.05, 3.63) is 59.5 Å². The van der Waals surface area contributed by atoms with Crippen LogP contribution >= 0.6 is 0 Å². The van der Waals surface area contributed by atoms with E-state index in [2.05, 4.69) is 29.6 Å². The van der Waals surface area contributed by atoms with Crippen LogP contribution in [-0.2, 0) is 22.6 Å². The van der Waals surface area contributed by atoms with Gasteiger partial charge in [-0.25, -0.2) is 0 Å². The van der Waals surface area contributed by atoms with Crippen molar-refractivity contribution < 1.29 is 13.9 Å². The third-order valence-corrected chi connectivity index (χ3v) is 4.05. The molecule has 1 aliphatic heterocycles. The number of nitrogens with one attached hydrogen (secondary N) is 1. The minimum Gasteiger partial charge on any atom is -0.462 e. The standard InChI is InChI=1S/C18H23NO3/c1-20-13-17-8-7-16(22-17)12-19-11-15-9-10-21-18(15)14-5-3-2-4-6-14/h2-8,15,18-19H,9-13H2,1H3/t15-,18-/m1/s1. The monoisotopic (exact) mass is 301 g/mol. The van der Waals surface area contributed by atoms with Crippen LogP contribution in [0.1, 0.15) is 29.6 Å². The van der Waals surface area contributed by atoms with E-state index >= 15 is 0 Å². The number of hydrogen-bond donors (Lipinski definition) is 1. The lowest BCUT2D eigenvalue weighted by Crippen LogP contribution is -2.24. The van der Waals surface area contributed by atoms with Crippen molar-refractivity contribution in [2.75, 3.05) is 20.3 Å². The van der Waals surface area contributed by atoms with Crippen LogP contribution in [0.15, 0.2) is 46.9 Å². The Labute approximate surface area is 131 Å². The highest BCUT2D eigenvalue weighted by atomic mass is 16.5. The fourth-order valence-electron chi connectivity index (χ4n) is 2.97. The lowest BCUT2D eigenvalue weighted by molar-refractivity contribution is 0.0903. The van der Waals surface area contributed by atoms with Gasteiger partial charge in [0.05, 0.1) is 12.6 Å². The average Bonchev–Trinajstić information content (AvgIpc) is 3.18. The highest BCUT2D eigenvalue weighted by molar-refractivity contribution is 5.19. The number of hydrogen-bond acceptors (Lipinski definition) is 4. The Bertz CT molecular complexity index is 567. The Balaban J connectivity index is 1.50. The van der Waals surface area contributed by atoms with E-state index < -0.39 is 0 Å². The van der Waals surface area contributed by atoms with Crippen molar-refractivity contribution in [1.29, 1.82) is 0 Å². The highest BCUT2D eigenvalue weighted by Gasteiger charge is 2.29. The minimum absolute atomic E-state index is 0.203. The molecule has 1 aliphatic rings. The number of furan rings is 1. The predicted octanol–water partition coefficient (Wildman–Crippen LogP) is 3.29.